The minimum atomic E-state index is -4.49. The van der Waals surface area contributed by atoms with E-state index in [0.717, 1.165) is 23.7 Å². The molecule has 0 bridgehead atoms. The van der Waals surface area contributed by atoms with E-state index in [1.165, 1.54) is 0 Å². The van der Waals surface area contributed by atoms with Gasteiger partial charge in [-0.15, -0.1) is 0 Å². The number of nitrogens with one attached hydrogen (secondary N) is 1. The van der Waals surface area contributed by atoms with E-state index in [-0.39, 0.29) is 34.7 Å². The Bertz CT molecular complexity index is 1340. The number of rotatable bonds is 5. The molecule has 3 aliphatic heterocycles. The Morgan fingerprint density at radius 1 is 0.976 bits per heavy atom. The molecule has 14 heteroatoms. The van der Waals surface area contributed by atoms with Crippen molar-refractivity contribution in [1.82, 2.24) is 34.9 Å². The van der Waals surface area contributed by atoms with E-state index < -0.39 is 11.7 Å². The number of carbonyl (C=O) groups excluding carboxylic acids is 2. The molecule has 2 saturated heterocycles. The number of hydrogen-bond donors (Lipinski definition) is 1. The number of aromatic amines is 1. The third-order valence-electron chi connectivity index (χ3n) is 7.81. The first-order valence-electron chi connectivity index (χ1n) is 13.8. The molecule has 0 saturated carbocycles. The van der Waals surface area contributed by atoms with Crippen LogP contribution in [-0.4, -0.2) is 92.5 Å². The molecule has 2 fully saturated rings. The normalized spacial score (nSPS) is 18.7. The molecule has 2 aromatic rings. The summed E-state index contributed by atoms with van der Waals surface area (Å²) in [6.07, 6.45) is -2.02. The van der Waals surface area contributed by atoms with Crippen molar-refractivity contribution in [2.75, 3.05) is 50.7 Å². The molecule has 0 spiro atoms. The zero-order valence-electron chi connectivity index (χ0n) is 23.5. The molecule has 11 nitrogen and oxygen atoms in total. The van der Waals surface area contributed by atoms with E-state index in [9.17, 15) is 27.6 Å². The van der Waals surface area contributed by atoms with Gasteiger partial charge in [0.2, 0.25) is 17.8 Å². The monoisotopic (exact) mass is 576 g/mol. The van der Waals surface area contributed by atoms with Crippen LogP contribution in [0.5, 0.6) is 0 Å². The number of piperazine rings is 1. The second kappa shape index (κ2) is 11.0. The minimum absolute atomic E-state index is 0.0460. The number of likely N-dealkylation sites (tertiary alicyclic amines) is 1. The van der Waals surface area contributed by atoms with Crippen molar-refractivity contribution in [3.05, 3.63) is 45.1 Å². The van der Waals surface area contributed by atoms with Crippen LogP contribution in [0.4, 0.5) is 19.1 Å². The first-order valence-corrected chi connectivity index (χ1v) is 13.8. The molecule has 3 aliphatic rings. The lowest BCUT2D eigenvalue weighted by Gasteiger charge is -2.43. The summed E-state index contributed by atoms with van der Waals surface area (Å²) < 4.78 is 38.3. The Hall–Kier alpha value is -3.55. The third-order valence-corrected chi connectivity index (χ3v) is 7.81. The smallest absolute Gasteiger partial charge is 0.339 e. The van der Waals surface area contributed by atoms with Crippen LogP contribution >= 0.6 is 0 Å². The van der Waals surface area contributed by atoms with Crippen molar-refractivity contribution >= 4 is 17.8 Å². The Labute approximate surface area is 235 Å². The van der Waals surface area contributed by atoms with E-state index in [1.807, 2.05) is 20.8 Å². The van der Waals surface area contributed by atoms with Crippen LogP contribution in [0.3, 0.4) is 0 Å². The maximum Gasteiger partial charge on any atom is 0.419 e. The standard InChI is InChI=1S/C27H35F3N8O3/c1-26(2,3)10-22(39)38-5-4-19-20(15-38)21(33-34-23(19)40)16-35-13-17(14-35)24(41)36-6-8-37(9-7-36)25-31-11-18(12-32-25)27(28,29)30/h11-12,17H,4-10,13-16H2,1-3H3,(H,34,40). The lowest BCUT2D eigenvalue weighted by Crippen LogP contribution is -2.57. The summed E-state index contributed by atoms with van der Waals surface area (Å²) in [6, 6.07) is 0. The topological polar surface area (TPSA) is 119 Å². The molecule has 0 atom stereocenters. The molecule has 2 aromatic heterocycles. The second-order valence-corrected chi connectivity index (χ2v) is 12.2. The van der Waals surface area contributed by atoms with Crippen LogP contribution in [0.1, 0.15) is 49.6 Å². The van der Waals surface area contributed by atoms with Gasteiger partial charge in [-0.3, -0.25) is 19.3 Å². The molecular formula is C27H35F3N8O3. The van der Waals surface area contributed by atoms with Crippen LogP contribution in [0.15, 0.2) is 17.2 Å². The fourth-order valence-electron chi connectivity index (χ4n) is 5.52. The van der Waals surface area contributed by atoms with Crippen molar-refractivity contribution in [2.45, 2.75) is 52.9 Å². The Balaban J connectivity index is 1.13. The van der Waals surface area contributed by atoms with Crippen LogP contribution in [0, 0.1) is 11.3 Å². The van der Waals surface area contributed by atoms with Crippen LogP contribution in [0.2, 0.25) is 0 Å². The summed E-state index contributed by atoms with van der Waals surface area (Å²) in [7, 11) is 0. The zero-order chi connectivity index (χ0) is 29.5. The number of H-pyrrole nitrogens is 1. The van der Waals surface area contributed by atoms with Crippen LogP contribution in [-0.2, 0) is 35.3 Å². The molecule has 0 aromatic carbocycles. The number of alkyl halides is 3. The van der Waals surface area contributed by atoms with Gasteiger partial charge in [-0.2, -0.15) is 18.3 Å². The molecular weight excluding hydrogens is 541 g/mol. The first-order chi connectivity index (χ1) is 19.3. The summed E-state index contributed by atoms with van der Waals surface area (Å²) in [6.45, 7) is 10.3. The molecule has 0 unspecified atom stereocenters. The molecule has 222 valence electrons. The van der Waals surface area contributed by atoms with Crippen LogP contribution < -0.4 is 10.5 Å². The molecule has 41 heavy (non-hydrogen) atoms. The average Bonchev–Trinajstić information content (AvgIpc) is 2.90. The van der Waals surface area contributed by atoms with E-state index in [1.54, 1.807) is 14.7 Å². The van der Waals surface area contributed by atoms with Gasteiger partial charge in [0, 0.05) is 88.8 Å². The van der Waals surface area contributed by atoms with Crippen molar-refractivity contribution in [1.29, 1.82) is 0 Å². The summed E-state index contributed by atoms with van der Waals surface area (Å²) >= 11 is 0. The number of aromatic nitrogens is 4. The summed E-state index contributed by atoms with van der Waals surface area (Å²) in [5, 5.41) is 6.90. The number of amides is 2. The highest BCUT2D eigenvalue weighted by molar-refractivity contribution is 5.80. The maximum atomic E-state index is 13.1. The molecule has 0 radical (unpaired) electrons. The number of anilines is 1. The van der Waals surface area contributed by atoms with Gasteiger partial charge in [-0.1, -0.05) is 20.8 Å². The summed E-state index contributed by atoms with van der Waals surface area (Å²) in [5.41, 5.74) is 0.965. The zero-order valence-corrected chi connectivity index (χ0v) is 23.5. The van der Waals surface area contributed by atoms with Gasteiger partial charge < -0.3 is 14.7 Å². The number of nitrogens with zero attached hydrogens (tertiary/aromatic N) is 7. The molecule has 5 heterocycles. The van der Waals surface area contributed by atoms with Gasteiger partial charge in [-0.05, 0) is 11.8 Å². The van der Waals surface area contributed by atoms with E-state index >= 15 is 0 Å². The number of halogens is 3. The molecule has 2 amide bonds. The van der Waals surface area contributed by atoms with Crippen molar-refractivity contribution in [3.8, 4) is 0 Å². The van der Waals surface area contributed by atoms with Gasteiger partial charge in [0.1, 0.15) is 0 Å². The largest absolute Gasteiger partial charge is 0.419 e. The molecule has 1 N–H and O–H groups in total. The quantitative estimate of drug-likeness (QED) is 0.572. The fourth-order valence-corrected chi connectivity index (χ4v) is 5.52. The summed E-state index contributed by atoms with van der Waals surface area (Å²) in [5.74, 6) is 0.168. The van der Waals surface area contributed by atoms with Gasteiger partial charge in [0.05, 0.1) is 17.2 Å². The molecule has 0 aliphatic carbocycles. The predicted molar refractivity (Wildman–Crippen MR) is 143 cm³/mol. The Kier molecular flexibility index (Phi) is 7.79. The lowest BCUT2D eigenvalue weighted by atomic mass is 9.90. The SMILES string of the molecule is CC(C)(C)CC(=O)N1CCc2c(c(CN3CC(C(=O)N4CCN(c5ncc(C(F)(F)F)cn5)CC4)C3)n[nH]c2=O)C1. The highest BCUT2D eigenvalue weighted by atomic mass is 19.4. The van der Waals surface area contributed by atoms with Gasteiger partial charge in [0.15, 0.2) is 0 Å². The van der Waals surface area contributed by atoms with Gasteiger partial charge in [-0.25, -0.2) is 15.1 Å². The predicted octanol–water partition coefficient (Wildman–Crippen LogP) is 1.68. The lowest BCUT2D eigenvalue weighted by molar-refractivity contribution is -0.142. The third kappa shape index (κ3) is 6.52. The second-order valence-electron chi connectivity index (χ2n) is 12.2. The van der Waals surface area contributed by atoms with Gasteiger partial charge >= 0.3 is 6.18 Å². The van der Waals surface area contributed by atoms with E-state index in [0.29, 0.717) is 77.3 Å². The van der Waals surface area contributed by atoms with Gasteiger partial charge in [0.25, 0.3) is 5.56 Å². The Morgan fingerprint density at radius 3 is 2.24 bits per heavy atom. The van der Waals surface area contributed by atoms with Crippen LogP contribution in [0.25, 0.3) is 0 Å². The highest BCUT2D eigenvalue weighted by Crippen LogP contribution is 2.29. The van der Waals surface area contributed by atoms with E-state index in [4.69, 9.17) is 0 Å². The Morgan fingerprint density at radius 2 is 1.63 bits per heavy atom. The molecule has 5 rings (SSSR count). The maximum absolute atomic E-state index is 13.1. The van der Waals surface area contributed by atoms with Crippen molar-refractivity contribution in [2.24, 2.45) is 11.3 Å². The number of carbonyl (C=O) groups is 2. The van der Waals surface area contributed by atoms with Crippen molar-refractivity contribution in [3.63, 3.8) is 0 Å². The average molecular weight is 577 g/mol. The van der Waals surface area contributed by atoms with E-state index in [2.05, 4.69) is 25.1 Å². The fraction of sp³-hybridized carbons (Fsp3) is 0.630. The first kappa shape index (κ1) is 29.0. The number of hydrogen-bond acceptors (Lipinski definition) is 8. The minimum Gasteiger partial charge on any atom is -0.339 e. The van der Waals surface area contributed by atoms with Crippen molar-refractivity contribution < 1.29 is 22.8 Å². The highest BCUT2D eigenvalue weighted by Gasteiger charge is 2.38. The number of fused-ring (bicyclic) bond motifs is 1. The summed E-state index contributed by atoms with van der Waals surface area (Å²) in [4.78, 5) is 53.5.